The number of benzene rings is 1. The van der Waals surface area contributed by atoms with E-state index >= 15 is 0 Å². The van der Waals surface area contributed by atoms with Gasteiger partial charge in [-0.05, 0) is 38.1 Å². The highest BCUT2D eigenvalue weighted by molar-refractivity contribution is 5.94. The molecule has 28 heavy (non-hydrogen) atoms. The molecule has 0 aliphatic carbocycles. The van der Waals surface area contributed by atoms with Crippen LogP contribution in [0.4, 0.5) is 0 Å². The third-order valence-electron chi connectivity index (χ3n) is 4.67. The largest absolute Gasteiger partial charge is 0.491 e. The van der Waals surface area contributed by atoms with E-state index in [2.05, 4.69) is 10.1 Å². The number of aliphatic hydroxyl groups is 1. The molecule has 2 aromatic rings. The summed E-state index contributed by atoms with van der Waals surface area (Å²) in [5, 5.41) is 14.0. The van der Waals surface area contributed by atoms with Crippen molar-refractivity contribution in [3.8, 4) is 5.75 Å². The van der Waals surface area contributed by atoms with E-state index in [0.29, 0.717) is 49.7 Å². The molecule has 0 radical (unpaired) electrons. The number of aromatic nitrogens is 1. The predicted octanol–water partition coefficient (Wildman–Crippen LogP) is 1.38. The van der Waals surface area contributed by atoms with Crippen molar-refractivity contribution in [1.82, 2.24) is 15.0 Å². The number of Topliss-reactive ketones (excluding diaryl/α,β-unsaturated/α-hetero) is 1. The molecular formula is C20H25N3O5. The van der Waals surface area contributed by atoms with Crippen LogP contribution >= 0.6 is 0 Å². The summed E-state index contributed by atoms with van der Waals surface area (Å²) in [6, 6.07) is 8.49. The number of hydrogen-bond donors (Lipinski definition) is 1. The van der Waals surface area contributed by atoms with Crippen molar-refractivity contribution in [2.75, 3.05) is 39.3 Å². The number of hydrogen-bond acceptors (Lipinski definition) is 7. The molecule has 150 valence electrons. The van der Waals surface area contributed by atoms with E-state index in [1.807, 2.05) is 0 Å². The Morgan fingerprint density at radius 3 is 2.46 bits per heavy atom. The average molecular weight is 387 g/mol. The van der Waals surface area contributed by atoms with Crippen molar-refractivity contribution in [2.45, 2.75) is 20.0 Å². The van der Waals surface area contributed by atoms with Crippen LogP contribution in [0.3, 0.4) is 0 Å². The van der Waals surface area contributed by atoms with Crippen LogP contribution in [0.5, 0.6) is 5.75 Å². The number of piperazine rings is 1. The Hall–Kier alpha value is -2.71. The standard InChI is InChI=1S/C20H25N3O5/c1-14-11-19(28-21-14)20(26)23-9-7-22(8-10-23)12-17(25)13-27-18-5-3-16(4-6-18)15(2)24/h3-6,11,17,25H,7-10,12-13H2,1-2H3. The molecule has 0 bridgehead atoms. The third-order valence-corrected chi connectivity index (χ3v) is 4.67. The lowest BCUT2D eigenvalue weighted by Gasteiger charge is -2.35. The van der Waals surface area contributed by atoms with Gasteiger partial charge in [-0.2, -0.15) is 0 Å². The van der Waals surface area contributed by atoms with Gasteiger partial charge in [-0.1, -0.05) is 5.16 Å². The van der Waals surface area contributed by atoms with Crippen molar-refractivity contribution in [1.29, 1.82) is 0 Å². The Morgan fingerprint density at radius 2 is 1.89 bits per heavy atom. The summed E-state index contributed by atoms with van der Waals surface area (Å²) in [6.07, 6.45) is -0.647. The molecule has 8 nitrogen and oxygen atoms in total. The highest BCUT2D eigenvalue weighted by Crippen LogP contribution is 2.14. The first kappa shape index (κ1) is 20.0. The molecule has 0 spiro atoms. The molecule has 8 heteroatoms. The smallest absolute Gasteiger partial charge is 0.292 e. The van der Waals surface area contributed by atoms with Crippen LogP contribution in [0, 0.1) is 6.92 Å². The fourth-order valence-corrected chi connectivity index (χ4v) is 3.08. The molecule has 1 atom stereocenters. The van der Waals surface area contributed by atoms with Crippen molar-refractivity contribution < 1.29 is 24.0 Å². The maximum Gasteiger partial charge on any atom is 0.292 e. The van der Waals surface area contributed by atoms with Gasteiger partial charge in [0, 0.05) is 44.4 Å². The first-order valence-electron chi connectivity index (χ1n) is 9.29. The van der Waals surface area contributed by atoms with Crippen molar-refractivity contribution in [2.24, 2.45) is 0 Å². The maximum absolute atomic E-state index is 12.4. The van der Waals surface area contributed by atoms with Gasteiger partial charge < -0.3 is 19.3 Å². The van der Waals surface area contributed by atoms with E-state index < -0.39 is 6.10 Å². The van der Waals surface area contributed by atoms with Crippen LogP contribution in [0.25, 0.3) is 0 Å². The number of carbonyl (C=O) groups excluding carboxylic acids is 2. The summed E-state index contributed by atoms with van der Waals surface area (Å²) in [7, 11) is 0. The minimum Gasteiger partial charge on any atom is -0.491 e. The van der Waals surface area contributed by atoms with Crippen molar-refractivity contribution in [3.05, 3.63) is 47.3 Å². The fraction of sp³-hybridized carbons (Fsp3) is 0.450. The Labute approximate surface area is 163 Å². The van der Waals surface area contributed by atoms with E-state index in [-0.39, 0.29) is 24.1 Å². The van der Waals surface area contributed by atoms with Crippen LogP contribution in [0.2, 0.25) is 0 Å². The molecule has 1 amide bonds. The normalized spacial score (nSPS) is 16.0. The van der Waals surface area contributed by atoms with E-state index in [0.717, 1.165) is 0 Å². The van der Waals surface area contributed by atoms with E-state index in [1.165, 1.54) is 6.92 Å². The highest BCUT2D eigenvalue weighted by atomic mass is 16.5. The molecule has 1 aromatic carbocycles. The summed E-state index contributed by atoms with van der Waals surface area (Å²) in [6.45, 7) is 6.40. The van der Waals surface area contributed by atoms with Crippen molar-refractivity contribution in [3.63, 3.8) is 0 Å². The molecule has 1 saturated heterocycles. The third kappa shape index (κ3) is 5.17. The number of aliphatic hydroxyl groups excluding tert-OH is 1. The topological polar surface area (TPSA) is 96.1 Å². The first-order valence-corrected chi connectivity index (χ1v) is 9.29. The number of amides is 1. The SMILES string of the molecule is CC(=O)c1ccc(OCC(O)CN2CCN(C(=O)c3cc(C)no3)CC2)cc1. The molecule has 1 unspecified atom stereocenters. The van der Waals surface area contributed by atoms with Gasteiger partial charge in [0.1, 0.15) is 18.5 Å². The average Bonchev–Trinajstić information content (AvgIpc) is 3.13. The number of ether oxygens (including phenoxy) is 1. The van der Waals surface area contributed by atoms with Crippen molar-refractivity contribution >= 4 is 11.7 Å². The van der Waals surface area contributed by atoms with E-state index in [9.17, 15) is 14.7 Å². The lowest BCUT2D eigenvalue weighted by Crippen LogP contribution is -2.50. The Morgan fingerprint density at radius 1 is 1.21 bits per heavy atom. The van der Waals surface area contributed by atoms with Crippen LogP contribution in [-0.2, 0) is 0 Å². The zero-order valence-electron chi connectivity index (χ0n) is 16.1. The fourth-order valence-electron chi connectivity index (χ4n) is 3.08. The molecule has 0 saturated carbocycles. The summed E-state index contributed by atoms with van der Waals surface area (Å²) in [5.41, 5.74) is 1.31. The number of rotatable bonds is 7. The molecule has 1 fully saturated rings. The number of ketones is 1. The number of nitrogens with zero attached hydrogens (tertiary/aromatic N) is 3. The zero-order valence-corrected chi connectivity index (χ0v) is 16.1. The van der Waals surface area contributed by atoms with E-state index in [1.54, 1.807) is 42.2 Å². The minimum absolute atomic E-state index is 0.00246. The Balaban J connectivity index is 1.40. The van der Waals surface area contributed by atoms with Gasteiger partial charge in [0.2, 0.25) is 5.76 Å². The number of β-amino-alcohol motifs (C(OH)–C–C–N with tert-alkyl or cyclic N) is 1. The van der Waals surface area contributed by atoms with Crippen LogP contribution < -0.4 is 4.74 Å². The molecule has 1 aromatic heterocycles. The Bertz CT molecular complexity index is 810. The summed E-state index contributed by atoms with van der Waals surface area (Å²) >= 11 is 0. The second-order valence-corrected chi connectivity index (χ2v) is 6.97. The van der Waals surface area contributed by atoms with Gasteiger partial charge in [0.25, 0.3) is 5.91 Å². The highest BCUT2D eigenvalue weighted by Gasteiger charge is 2.25. The van der Waals surface area contributed by atoms with Gasteiger partial charge in [0.05, 0.1) is 5.69 Å². The minimum atomic E-state index is -0.647. The molecule has 1 aliphatic rings. The Kier molecular flexibility index (Phi) is 6.43. The quantitative estimate of drug-likeness (QED) is 0.717. The lowest BCUT2D eigenvalue weighted by molar-refractivity contribution is 0.0385. The second kappa shape index (κ2) is 8.99. The number of carbonyl (C=O) groups is 2. The van der Waals surface area contributed by atoms with Gasteiger partial charge in [-0.25, -0.2) is 0 Å². The lowest BCUT2D eigenvalue weighted by atomic mass is 10.1. The van der Waals surface area contributed by atoms with Gasteiger partial charge in [0.15, 0.2) is 5.78 Å². The van der Waals surface area contributed by atoms with Gasteiger partial charge in [-0.15, -0.1) is 0 Å². The monoisotopic (exact) mass is 387 g/mol. The second-order valence-electron chi connectivity index (χ2n) is 6.97. The summed E-state index contributed by atoms with van der Waals surface area (Å²) in [4.78, 5) is 27.5. The number of aryl methyl sites for hydroxylation is 1. The molecule has 1 aliphatic heterocycles. The van der Waals surface area contributed by atoms with Gasteiger partial charge >= 0.3 is 0 Å². The molecule has 1 N–H and O–H groups in total. The van der Waals surface area contributed by atoms with E-state index in [4.69, 9.17) is 9.26 Å². The maximum atomic E-state index is 12.4. The first-order chi connectivity index (χ1) is 13.4. The van der Waals surface area contributed by atoms with Crippen LogP contribution in [0.15, 0.2) is 34.9 Å². The van der Waals surface area contributed by atoms with Gasteiger partial charge in [-0.3, -0.25) is 14.5 Å². The molecule has 2 heterocycles. The molecule has 3 rings (SSSR count). The molecular weight excluding hydrogens is 362 g/mol. The van der Waals surface area contributed by atoms with Crippen LogP contribution in [-0.4, -0.2) is 77.2 Å². The zero-order chi connectivity index (χ0) is 20.1. The van der Waals surface area contributed by atoms with Crippen LogP contribution in [0.1, 0.15) is 33.5 Å². The predicted molar refractivity (Wildman–Crippen MR) is 102 cm³/mol. The summed E-state index contributed by atoms with van der Waals surface area (Å²) < 4.78 is 10.6. The summed E-state index contributed by atoms with van der Waals surface area (Å²) in [5.74, 6) is 0.720.